The van der Waals surface area contributed by atoms with E-state index in [4.69, 9.17) is 4.98 Å². The lowest BCUT2D eigenvalue weighted by molar-refractivity contribution is 0.654. The maximum Gasteiger partial charge on any atom is 0.199 e. The quantitative estimate of drug-likeness (QED) is 0.336. The van der Waals surface area contributed by atoms with Crippen molar-refractivity contribution < 1.29 is 0 Å². The van der Waals surface area contributed by atoms with Crippen LogP contribution in [-0.4, -0.2) is 30.5 Å². The Bertz CT molecular complexity index is 1760. The summed E-state index contributed by atoms with van der Waals surface area (Å²) in [7, 11) is 0. The number of benzene rings is 2. The van der Waals surface area contributed by atoms with E-state index >= 15 is 0 Å². The van der Waals surface area contributed by atoms with Crippen molar-refractivity contribution in [1.29, 1.82) is 0 Å². The van der Waals surface area contributed by atoms with Gasteiger partial charge in [-0.05, 0) is 42.2 Å². The highest BCUT2D eigenvalue weighted by molar-refractivity contribution is 5.97. The minimum Gasteiger partial charge on any atom is -0.315 e. The number of hydrogen-bond acceptors (Lipinski definition) is 5. The second-order valence-corrected chi connectivity index (χ2v) is 9.48. The molecule has 0 fully saturated rings. The molecule has 0 spiro atoms. The maximum absolute atomic E-state index is 4.96. The highest BCUT2D eigenvalue weighted by Gasteiger charge is 2.44. The van der Waals surface area contributed by atoms with Gasteiger partial charge in [0, 0.05) is 29.4 Å². The van der Waals surface area contributed by atoms with Crippen molar-refractivity contribution in [3.8, 4) is 5.69 Å². The molecular weight excluding hydrogens is 444 g/mol. The normalized spacial score (nSPS) is 20.2. The number of anilines is 1. The van der Waals surface area contributed by atoms with Gasteiger partial charge in [-0.2, -0.15) is 0 Å². The second-order valence-electron chi connectivity index (χ2n) is 9.48. The fourth-order valence-corrected chi connectivity index (χ4v) is 6.22. The number of para-hydroxylation sites is 2. The summed E-state index contributed by atoms with van der Waals surface area (Å²) < 4.78 is 2.44. The fraction of sp³-hybridized carbons (Fsp3) is 0.133. The summed E-state index contributed by atoms with van der Waals surface area (Å²) in [6.07, 6.45) is 16.2. The van der Waals surface area contributed by atoms with E-state index < -0.39 is 0 Å². The lowest BCUT2D eigenvalue weighted by atomic mass is 9.84. The highest BCUT2D eigenvalue weighted by atomic mass is 15.3. The van der Waals surface area contributed by atoms with Gasteiger partial charge >= 0.3 is 0 Å². The summed E-state index contributed by atoms with van der Waals surface area (Å²) in [5, 5.41) is 1.32. The number of nitrogens with zero attached hydrogens (tertiary/aromatic N) is 6. The van der Waals surface area contributed by atoms with Crippen LogP contribution in [0.2, 0.25) is 0 Å². The third-order valence-corrected chi connectivity index (χ3v) is 7.64. The van der Waals surface area contributed by atoms with Crippen molar-refractivity contribution in [2.45, 2.75) is 18.9 Å². The van der Waals surface area contributed by atoms with Crippen molar-refractivity contribution in [3.05, 3.63) is 114 Å². The molecule has 2 aliphatic carbocycles. The van der Waals surface area contributed by atoms with Crippen LogP contribution < -0.4 is 4.90 Å². The zero-order chi connectivity index (χ0) is 23.6. The molecule has 0 saturated heterocycles. The number of hydrogen-bond donors (Lipinski definition) is 0. The van der Waals surface area contributed by atoms with Gasteiger partial charge in [0.25, 0.3) is 0 Å². The molecule has 3 aliphatic rings. The van der Waals surface area contributed by atoms with Gasteiger partial charge in [-0.3, -0.25) is 0 Å². The minimum atomic E-state index is 0.150. The van der Waals surface area contributed by atoms with Crippen LogP contribution >= 0.6 is 0 Å². The average molecular weight is 467 g/mol. The SMILES string of the molecule is C1=CC2C3=C(c4c(c5ccccc5n4-c4ccccc4)CC3)N(c3cnc4nccnc4n3)C2C=C1. The first kappa shape index (κ1) is 19.7. The lowest BCUT2D eigenvalue weighted by Crippen LogP contribution is -2.33. The largest absolute Gasteiger partial charge is 0.315 e. The molecule has 3 aromatic heterocycles. The van der Waals surface area contributed by atoms with Crippen LogP contribution in [0.5, 0.6) is 0 Å². The summed E-state index contributed by atoms with van der Waals surface area (Å²) in [6, 6.07) is 19.6. The molecule has 1 aliphatic heterocycles. The molecule has 172 valence electrons. The number of rotatable bonds is 2. The van der Waals surface area contributed by atoms with E-state index in [-0.39, 0.29) is 6.04 Å². The van der Waals surface area contributed by atoms with Gasteiger partial charge < -0.3 is 9.47 Å². The Hall–Kier alpha value is -4.58. The summed E-state index contributed by atoms with van der Waals surface area (Å²) in [4.78, 5) is 20.8. The van der Waals surface area contributed by atoms with Crippen LogP contribution in [-0.2, 0) is 6.42 Å². The molecule has 0 N–H and O–H groups in total. The van der Waals surface area contributed by atoms with E-state index in [1.165, 1.54) is 39.1 Å². The third-order valence-electron chi connectivity index (χ3n) is 7.64. The predicted octanol–water partition coefficient (Wildman–Crippen LogP) is 5.65. The van der Waals surface area contributed by atoms with Gasteiger partial charge in [0.1, 0.15) is 0 Å². The summed E-state index contributed by atoms with van der Waals surface area (Å²) in [5.74, 6) is 1.11. The van der Waals surface area contributed by atoms with Gasteiger partial charge in [-0.1, -0.05) is 60.7 Å². The van der Waals surface area contributed by atoms with Crippen molar-refractivity contribution >= 4 is 33.7 Å². The number of aromatic nitrogens is 5. The van der Waals surface area contributed by atoms with E-state index in [1.807, 2.05) is 6.20 Å². The van der Waals surface area contributed by atoms with Crippen molar-refractivity contribution in [3.63, 3.8) is 0 Å². The molecule has 0 saturated carbocycles. The standard InChI is InChI=1S/C30H22N6/c1-2-8-19(9-3-1)35-24-12-6-4-10-20(24)22-14-15-23-21-11-5-7-13-25(21)36(28(23)27(22)35)26-18-33-29-30(34-26)32-17-16-31-29/h1-13,16-18,21,25H,14-15H2. The summed E-state index contributed by atoms with van der Waals surface area (Å²) >= 11 is 0. The Morgan fingerprint density at radius 2 is 1.58 bits per heavy atom. The molecule has 4 heterocycles. The lowest BCUT2D eigenvalue weighted by Gasteiger charge is -2.30. The molecule has 36 heavy (non-hydrogen) atoms. The third kappa shape index (κ3) is 2.67. The molecule has 0 radical (unpaired) electrons. The van der Waals surface area contributed by atoms with E-state index in [0.29, 0.717) is 17.2 Å². The van der Waals surface area contributed by atoms with Gasteiger partial charge in [0.05, 0.1) is 29.1 Å². The Morgan fingerprint density at radius 1 is 0.778 bits per heavy atom. The van der Waals surface area contributed by atoms with Gasteiger partial charge in [0.15, 0.2) is 17.1 Å². The smallest absolute Gasteiger partial charge is 0.199 e. The Morgan fingerprint density at radius 3 is 2.50 bits per heavy atom. The first-order chi connectivity index (χ1) is 17.9. The molecule has 6 nitrogen and oxygen atoms in total. The van der Waals surface area contributed by atoms with Crippen LogP contribution in [0.4, 0.5) is 5.82 Å². The molecule has 2 atom stereocenters. The summed E-state index contributed by atoms with van der Waals surface area (Å²) in [5.41, 5.74) is 8.91. The fourth-order valence-electron chi connectivity index (χ4n) is 6.22. The van der Waals surface area contributed by atoms with E-state index in [9.17, 15) is 0 Å². The number of aryl methyl sites for hydroxylation is 1. The van der Waals surface area contributed by atoms with Crippen LogP contribution in [0.15, 0.2) is 103 Å². The monoisotopic (exact) mass is 466 g/mol. The Kier molecular flexibility index (Phi) is 4.08. The molecule has 0 bridgehead atoms. The van der Waals surface area contributed by atoms with Gasteiger partial charge in [-0.15, -0.1) is 0 Å². The molecule has 2 unspecified atom stereocenters. The highest BCUT2D eigenvalue weighted by Crippen LogP contribution is 2.51. The van der Waals surface area contributed by atoms with E-state index in [1.54, 1.807) is 12.4 Å². The molecule has 5 aromatic rings. The molecule has 6 heteroatoms. The number of allylic oxidation sites excluding steroid dienone is 2. The first-order valence-corrected chi connectivity index (χ1v) is 12.4. The van der Waals surface area contributed by atoms with Crippen molar-refractivity contribution in [1.82, 2.24) is 24.5 Å². The van der Waals surface area contributed by atoms with Crippen LogP contribution in [0.25, 0.3) is 33.6 Å². The Labute approximate surface area is 208 Å². The first-order valence-electron chi connectivity index (χ1n) is 12.4. The predicted molar refractivity (Wildman–Crippen MR) is 142 cm³/mol. The maximum atomic E-state index is 4.96. The van der Waals surface area contributed by atoms with Gasteiger partial charge in [-0.25, -0.2) is 19.9 Å². The van der Waals surface area contributed by atoms with Crippen LogP contribution in [0, 0.1) is 5.92 Å². The topological polar surface area (TPSA) is 59.7 Å². The second kappa shape index (κ2) is 7.46. The zero-order valence-corrected chi connectivity index (χ0v) is 19.5. The molecular formula is C30H22N6. The zero-order valence-electron chi connectivity index (χ0n) is 19.5. The van der Waals surface area contributed by atoms with E-state index in [0.717, 1.165) is 18.7 Å². The van der Waals surface area contributed by atoms with E-state index in [2.05, 4.69) is 103 Å². The van der Waals surface area contributed by atoms with Crippen LogP contribution in [0.3, 0.4) is 0 Å². The average Bonchev–Trinajstić information content (AvgIpc) is 3.46. The number of fused-ring (bicyclic) bond motifs is 7. The van der Waals surface area contributed by atoms with Crippen molar-refractivity contribution in [2.75, 3.05) is 4.90 Å². The van der Waals surface area contributed by atoms with Crippen LogP contribution in [0.1, 0.15) is 17.7 Å². The Balaban J connectivity index is 1.44. The molecule has 2 aromatic carbocycles. The van der Waals surface area contributed by atoms with Crippen molar-refractivity contribution in [2.24, 2.45) is 5.92 Å². The molecule has 0 amide bonds. The summed E-state index contributed by atoms with van der Waals surface area (Å²) in [6.45, 7) is 0. The minimum absolute atomic E-state index is 0.150. The van der Waals surface area contributed by atoms with Gasteiger partial charge in [0.2, 0.25) is 0 Å². The molecule has 8 rings (SSSR count).